The first kappa shape index (κ1) is 20.6. The molecule has 3 aromatic rings. The molecule has 2 aliphatic heterocycles. The Kier molecular flexibility index (Phi) is 6.07. The highest BCUT2D eigenvalue weighted by molar-refractivity contribution is 5.77. The number of ether oxygens (including phenoxy) is 1. The minimum absolute atomic E-state index is 0.204. The van der Waals surface area contributed by atoms with Crippen LogP contribution < -0.4 is 9.64 Å². The van der Waals surface area contributed by atoms with E-state index in [0.29, 0.717) is 13.0 Å². The summed E-state index contributed by atoms with van der Waals surface area (Å²) < 4.78 is 11.6. The quantitative estimate of drug-likeness (QED) is 0.564. The Morgan fingerprint density at radius 3 is 2.47 bits per heavy atom. The highest BCUT2D eigenvalue weighted by Gasteiger charge is 2.23. The van der Waals surface area contributed by atoms with Crippen LogP contribution in [0.4, 0.5) is 5.69 Å². The molecule has 0 bridgehead atoms. The first-order chi connectivity index (χ1) is 15.7. The average molecular weight is 433 g/mol. The van der Waals surface area contributed by atoms with Crippen LogP contribution in [0.1, 0.15) is 24.3 Å². The van der Waals surface area contributed by atoms with Gasteiger partial charge in [0.05, 0.1) is 17.9 Å². The van der Waals surface area contributed by atoms with Crippen molar-refractivity contribution in [1.29, 1.82) is 0 Å². The molecule has 0 N–H and O–H groups in total. The topological polar surface area (TPSA) is 62.1 Å². The number of hydrogen-bond acceptors (Lipinski definition) is 6. The molecule has 32 heavy (non-hydrogen) atoms. The van der Waals surface area contributed by atoms with E-state index in [1.807, 2.05) is 53.4 Å². The van der Waals surface area contributed by atoms with Crippen LogP contribution in [0.15, 0.2) is 65.2 Å². The summed E-state index contributed by atoms with van der Waals surface area (Å²) in [5.74, 6) is 2.69. The smallest absolute Gasteiger partial charge is 0.223 e. The third-order valence-corrected chi connectivity index (χ3v) is 6.06. The lowest BCUT2D eigenvalue weighted by atomic mass is 10.2. The lowest BCUT2D eigenvalue weighted by Crippen LogP contribution is -2.46. The summed E-state index contributed by atoms with van der Waals surface area (Å²) >= 11 is 0. The van der Waals surface area contributed by atoms with Crippen molar-refractivity contribution in [1.82, 2.24) is 15.0 Å². The van der Waals surface area contributed by atoms with Gasteiger partial charge < -0.3 is 19.1 Å². The number of para-hydroxylation sites is 3. The van der Waals surface area contributed by atoms with Gasteiger partial charge in [0.15, 0.2) is 11.5 Å². The molecule has 0 spiro atoms. The van der Waals surface area contributed by atoms with Crippen molar-refractivity contribution in [2.75, 3.05) is 37.6 Å². The summed E-state index contributed by atoms with van der Waals surface area (Å²) in [4.78, 5) is 18.4. The van der Waals surface area contributed by atoms with E-state index in [-0.39, 0.29) is 5.91 Å². The van der Waals surface area contributed by atoms with E-state index in [0.717, 1.165) is 74.3 Å². The summed E-state index contributed by atoms with van der Waals surface area (Å²) in [6, 6.07) is 20.1. The maximum absolute atomic E-state index is 11.8. The Morgan fingerprint density at radius 1 is 0.906 bits per heavy atom. The monoisotopic (exact) mass is 432 g/mol. The predicted octanol–water partition coefficient (Wildman–Crippen LogP) is 3.91. The van der Waals surface area contributed by atoms with Crippen LogP contribution in [0.5, 0.6) is 11.5 Å². The molecule has 0 saturated carbocycles. The number of likely N-dealkylation sites (tertiary alicyclic amines) is 1. The summed E-state index contributed by atoms with van der Waals surface area (Å²) in [5, 5.41) is 4.23. The van der Waals surface area contributed by atoms with E-state index < -0.39 is 0 Å². The molecule has 2 aromatic carbocycles. The number of piperazine rings is 1. The van der Waals surface area contributed by atoms with Gasteiger partial charge in [-0.15, -0.1) is 0 Å². The molecule has 1 amide bonds. The van der Waals surface area contributed by atoms with E-state index in [2.05, 4.69) is 27.1 Å². The number of carbonyl (C=O) groups excluding carboxylic acids is 1. The molecule has 0 atom stereocenters. The Balaban J connectivity index is 1.16. The van der Waals surface area contributed by atoms with Gasteiger partial charge in [0.25, 0.3) is 0 Å². The molecule has 2 fully saturated rings. The van der Waals surface area contributed by atoms with Crippen LogP contribution >= 0.6 is 0 Å². The Hall–Kier alpha value is -3.32. The first-order valence-electron chi connectivity index (χ1n) is 11.3. The Morgan fingerprint density at radius 2 is 1.69 bits per heavy atom. The number of amides is 1. The van der Waals surface area contributed by atoms with Crippen molar-refractivity contribution in [3.05, 3.63) is 72.1 Å². The molecular weight excluding hydrogens is 404 g/mol. The van der Waals surface area contributed by atoms with Gasteiger partial charge in [-0.25, -0.2) is 0 Å². The summed E-state index contributed by atoms with van der Waals surface area (Å²) in [7, 11) is 0. The second kappa shape index (κ2) is 9.44. The molecule has 7 nitrogen and oxygen atoms in total. The number of nitrogens with zero attached hydrogens (tertiary/aromatic N) is 4. The van der Waals surface area contributed by atoms with E-state index >= 15 is 0 Å². The number of aromatic nitrogens is 1. The Labute approximate surface area is 188 Å². The lowest BCUT2D eigenvalue weighted by Gasteiger charge is -2.36. The molecule has 0 aliphatic carbocycles. The molecule has 0 radical (unpaired) electrons. The van der Waals surface area contributed by atoms with E-state index in [4.69, 9.17) is 9.26 Å². The summed E-state index contributed by atoms with van der Waals surface area (Å²) in [6.07, 6.45) is 1.58. The largest absolute Gasteiger partial charge is 0.455 e. The number of rotatable bonds is 7. The number of carbonyl (C=O) groups is 1. The van der Waals surface area contributed by atoms with E-state index in [9.17, 15) is 4.79 Å². The molecule has 3 heterocycles. The third-order valence-electron chi connectivity index (χ3n) is 6.06. The third kappa shape index (κ3) is 4.78. The molecule has 1 aromatic heterocycles. The van der Waals surface area contributed by atoms with Crippen molar-refractivity contribution in [2.24, 2.45) is 0 Å². The molecule has 5 rings (SSSR count). The van der Waals surface area contributed by atoms with Gasteiger partial charge in [-0.1, -0.05) is 35.5 Å². The van der Waals surface area contributed by atoms with Crippen LogP contribution in [0.2, 0.25) is 0 Å². The number of benzene rings is 2. The average Bonchev–Trinajstić information content (AvgIpc) is 3.44. The highest BCUT2D eigenvalue weighted by atomic mass is 16.5. The first-order valence-corrected chi connectivity index (χ1v) is 11.3. The molecule has 2 saturated heterocycles. The molecule has 7 heteroatoms. The van der Waals surface area contributed by atoms with Crippen LogP contribution in [-0.4, -0.2) is 53.6 Å². The zero-order chi connectivity index (χ0) is 21.8. The van der Waals surface area contributed by atoms with Crippen molar-refractivity contribution < 1.29 is 14.1 Å². The summed E-state index contributed by atoms with van der Waals surface area (Å²) in [5.41, 5.74) is 2.04. The van der Waals surface area contributed by atoms with Crippen molar-refractivity contribution in [3.63, 3.8) is 0 Å². The normalized spacial score (nSPS) is 17.2. The van der Waals surface area contributed by atoms with Gasteiger partial charge >= 0.3 is 0 Å². The van der Waals surface area contributed by atoms with Crippen LogP contribution in [0, 0.1) is 0 Å². The lowest BCUT2D eigenvalue weighted by molar-refractivity contribution is -0.128. The molecule has 2 aliphatic rings. The van der Waals surface area contributed by atoms with E-state index in [1.165, 1.54) is 0 Å². The number of anilines is 1. The maximum atomic E-state index is 11.8. The second-order valence-electron chi connectivity index (χ2n) is 8.35. The molecular formula is C25H28N4O3. The zero-order valence-corrected chi connectivity index (χ0v) is 18.2. The van der Waals surface area contributed by atoms with Gasteiger partial charge in [0, 0.05) is 51.8 Å². The predicted molar refractivity (Wildman–Crippen MR) is 122 cm³/mol. The van der Waals surface area contributed by atoms with Gasteiger partial charge in [0.1, 0.15) is 5.75 Å². The minimum Gasteiger partial charge on any atom is -0.455 e. The maximum Gasteiger partial charge on any atom is 0.223 e. The van der Waals surface area contributed by atoms with Gasteiger partial charge in [-0.3, -0.25) is 9.69 Å². The van der Waals surface area contributed by atoms with Gasteiger partial charge in [0.2, 0.25) is 5.91 Å². The fraction of sp³-hybridized carbons (Fsp3) is 0.360. The fourth-order valence-electron chi connectivity index (χ4n) is 4.36. The second-order valence-corrected chi connectivity index (χ2v) is 8.35. The van der Waals surface area contributed by atoms with Crippen LogP contribution in [-0.2, 0) is 17.9 Å². The van der Waals surface area contributed by atoms with Crippen molar-refractivity contribution >= 4 is 11.6 Å². The Bertz CT molecular complexity index is 1040. The minimum atomic E-state index is 0.204. The summed E-state index contributed by atoms with van der Waals surface area (Å²) in [6.45, 7) is 5.81. The van der Waals surface area contributed by atoms with Gasteiger partial charge in [-0.05, 0) is 30.7 Å². The van der Waals surface area contributed by atoms with Crippen LogP contribution in [0.25, 0.3) is 0 Å². The van der Waals surface area contributed by atoms with Crippen molar-refractivity contribution in [3.8, 4) is 11.5 Å². The fourth-order valence-corrected chi connectivity index (χ4v) is 4.36. The zero-order valence-electron chi connectivity index (χ0n) is 18.2. The molecule has 0 unspecified atom stereocenters. The highest BCUT2D eigenvalue weighted by Crippen LogP contribution is 2.32. The standard InChI is InChI=1S/C25H28N4O3/c30-25-11-6-12-29(25)19-22-17-20(26-32-22)18-27-13-15-28(16-14-27)23-9-4-5-10-24(23)31-21-7-2-1-3-8-21/h1-5,7-10,17H,6,11-16,18-19H2. The van der Waals surface area contributed by atoms with Crippen LogP contribution in [0.3, 0.4) is 0 Å². The SMILES string of the molecule is O=C1CCCN1Cc1cc(CN2CCN(c3ccccc3Oc3ccccc3)CC2)no1. The van der Waals surface area contributed by atoms with E-state index in [1.54, 1.807) is 0 Å². The number of hydrogen-bond donors (Lipinski definition) is 0. The molecule has 166 valence electrons. The van der Waals surface area contributed by atoms with Crippen molar-refractivity contribution in [2.45, 2.75) is 25.9 Å². The van der Waals surface area contributed by atoms with Gasteiger partial charge in [-0.2, -0.15) is 0 Å².